The second-order valence-corrected chi connectivity index (χ2v) is 7.43. The molecule has 0 fully saturated rings. The molecule has 1 aromatic carbocycles. The summed E-state index contributed by atoms with van der Waals surface area (Å²) in [4.78, 5) is 15.5. The molecule has 0 spiro atoms. The maximum Gasteiger partial charge on any atom is 0.416 e. The Morgan fingerprint density at radius 2 is 1.74 bits per heavy atom. The number of benzene rings is 1. The van der Waals surface area contributed by atoms with Crippen molar-refractivity contribution in [2.45, 2.75) is 19.3 Å². The van der Waals surface area contributed by atoms with Gasteiger partial charge in [0.1, 0.15) is 17.7 Å². The standard InChI is InChI=1S/C22H20F3N5O/c1-12-9-14(11-17(26-12)30(2)3)20-19(13-5-4-6-15(10-13)22(23,24)25)29-21-16(27-20)7-8-18(31)28-21/h4-11,18,31H,1-3H3,(H,28,29). The third-order valence-corrected chi connectivity index (χ3v) is 4.78. The fourth-order valence-electron chi connectivity index (χ4n) is 3.30. The first-order chi connectivity index (χ1) is 14.6. The predicted molar refractivity (Wildman–Crippen MR) is 113 cm³/mol. The molecule has 4 rings (SSSR count). The van der Waals surface area contributed by atoms with E-state index in [9.17, 15) is 18.3 Å². The fraction of sp³-hybridized carbons (Fsp3) is 0.227. The van der Waals surface area contributed by atoms with Gasteiger partial charge in [0.2, 0.25) is 0 Å². The Morgan fingerprint density at radius 1 is 1.00 bits per heavy atom. The molecular weight excluding hydrogens is 407 g/mol. The number of halogens is 3. The zero-order valence-corrected chi connectivity index (χ0v) is 17.1. The Kier molecular flexibility index (Phi) is 5.14. The number of aromatic nitrogens is 3. The number of hydrogen-bond acceptors (Lipinski definition) is 6. The lowest BCUT2D eigenvalue weighted by molar-refractivity contribution is -0.137. The second kappa shape index (κ2) is 7.66. The quantitative estimate of drug-likeness (QED) is 0.647. The SMILES string of the molecule is Cc1cc(-c2nc3c(nc2-c2cccc(C(F)(F)F)c2)NC(O)C=C3)cc(N(C)C)n1. The van der Waals surface area contributed by atoms with Crippen LogP contribution in [0.25, 0.3) is 28.6 Å². The maximum absolute atomic E-state index is 13.3. The smallest absolute Gasteiger partial charge is 0.370 e. The molecule has 0 bridgehead atoms. The van der Waals surface area contributed by atoms with Gasteiger partial charge in [-0.15, -0.1) is 0 Å². The van der Waals surface area contributed by atoms with Gasteiger partial charge < -0.3 is 15.3 Å². The number of anilines is 2. The molecule has 31 heavy (non-hydrogen) atoms. The van der Waals surface area contributed by atoms with Crippen LogP contribution in [-0.2, 0) is 6.18 Å². The monoisotopic (exact) mass is 427 g/mol. The summed E-state index contributed by atoms with van der Waals surface area (Å²) in [6.07, 6.45) is -2.29. The zero-order valence-electron chi connectivity index (χ0n) is 17.1. The summed E-state index contributed by atoms with van der Waals surface area (Å²) in [7, 11) is 3.71. The van der Waals surface area contributed by atoms with E-state index in [2.05, 4.69) is 20.3 Å². The van der Waals surface area contributed by atoms with E-state index in [-0.39, 0.29) is 11.3 Å². The van der Waals surface area contributed by atoms with Gasteiger partial charge in [-0.25, -0.2) is 15.0 Å². The topological polar surface area (TPSA) is 74.2 Å². The number of nitrogens with zero attached hydrogens (tertiary/aromatic N) is 4. The van der Waals surface area contributed by atoms with Crippen molar-refractivity contribution in [3.05, 3.63) is 59.4 Å². The minimum Gasteiger partial charge on any atom is -0.370 e. The molecule has 0 amide bonds. The highest BCUT2D eigenvalue weighted by Gasteiger charge is 2.31. The lowest BCUT2D eigenvalue weighted by Gasteiger charge is -2.20. The maximum atomic E-state index is 13.3. The molecule has 3 aromatic rings. The summed E-state index contributed by atoms with van der Waals surface area (Å²) in [5.41, 5.74) is 2.09. The van der Waals surface area contributed by atoms with Crippen molar-refractivity contribution in [3.63, 3.8) is 0 Å². The number of fused-ring (bicyclic) bond motifs is 1. The fourth-order valence-corrected chi connectivity index (χ4v) is 3.30. The summed E-state index contributed by atoms with van der Waals surface area (Å²) in [5, 5.41) is 12.6. The third kappa shape index (κ3) is 4.22. The van der Waals surface area contributed by atoms with Gasteiger partial charge in [0.25, 0.3) is 0 Å². The first kappa shape index (κ1) is 20.8. The molecule has 160 valence electrons. The van der Waals surface area contributed by atoms with Crippen molar-refractivity contribution in [2.75, 3.05) is 24.3 Å². The van der Waals surface area contributed by atoms with Gasteiger partial charge in [-0.05, 0) is 43.3 Å². The van der Waals surface area contributed by atoms with E-state index in [1.807, 2.05) is 38.1 Å². The molecule has 3 heterocycles. The predicted octanol–water partition coefficient (Wildman–Crippen LogP) is 4.36. The highest BCUT2D eigenvalue weighted by atomic mass is 19.4. The largest absolute Gasteiger partial charge is 0.416 e. The highest BCUT2D eigenvalue weighted by molar-refractivity contribution is 5.82. The molecule has 0 aliphatic carbocycles. The molecule has 0 saturated carbocycles. The van der Waals surface area contributed by atoms with Crippen LogP contribution in [0.4, 0.5) is 24.8 Å². The van der Waals surface area contributed by atoms with Gasteiger partial charge in [-0.1, -0.05) is 12.1 Å². The van der Waals surface area contributed by atoms with Crippen LogP contribution in [0.2, 0.25) is 0 Å². The molecule has 1 aliphatic heterocycles. The van der Waals surface area contributed by atoms with E-state index in [0.29, 0.717) is 28.6 Å². The van der Waals surface area contributed by atoms with E-state index >= 15 is 0 Å². The average Bonchev–Trinajstić information content (AvgIpc) is 2.71. The van der Waals surface area contributed by atoms with Gasteiger partial charge in [-0.2, -0.15) is 13.2 Å². The Morgan fingerprint density at radius 3 is 2.45 bits per heavy atom. The van der Waals surface area contributed by atoms with Crippen LogP contribution in [0.5, 0.6) is 0 Å². The van der Waals surface area contributed by atoms with Crippen LogP contribution >= 0.6 is 0 Å². The summed E-state index contributed by atoms with van der Waals surface area (Å²) in [6.45, 7) is 1.84. The average molecular weight is 427 g/mol. The number of aryl methyl sites for hydroxylation is 1. The minimum atomic E-state index is -4.49. The van der Waals surface area contributed by atoms with Crippen LogP contribution < -0.4 is 10.2 Å². The Labute approximate surface area is 177 Å². The van der Waals surface area contributed by atoms with Gasteiger partial charge in [0.05, 0.1) is 17.0 Å². The molecule has 2 aromatic heterocycles. The number of pyridine rings is 1. The summed E-state index contributed by atoms with van der Waals surface area (Å²) < 4.78 is 40.0. The second-order valence-electron chi connectivity index (χ2n) is 7.43. The Bertz CT molecular complexity index is 1170. The van der Waals surface area contributed by atoms with Crippen LogP contribution in [0, 0.1) is 6.92 Å². The first-order valence-corrected chi connectivity index (χ1v) is 9.50. The summed E-state index contributed by atoms with van der Waals surface area (Å²) in [6, 6.07) is 8.60. The number of aliphatic hydroxyl groups is 1. The van der Waals surface area contributed by atoms with Crippen molar-refractivity contribution in [2.24, 2.45) is 0 Å². The van der Waals surface area contributed by atoms with Crippen molar-refractivity contribution in [1.82, 2.24) is 15.0 Å². The van der Waals surface area contributed by atoms with Gasteiger partial charge >= 0.3 is 6.18 Å². The number of hydrogen-bond donors (Lipinski definition) is 2. The molecule has 6 nitrogen and oxygen atoms in total. The lowest BCUT2D eigenvalue weighted by Crippen LogP contribution is -2.21. The van der Waals surface area contributed by atoms with Crippen molar-refractivity contribution in [3.8, 4) is 22.5 Å². The molecule has 0 saturated heterocycles. The van der Waals surface area contributed by atoms with E-state index in [1.54, 1.807) is 12.1 Å². The molecule has 1 unspecified atom stereocenters. The number of nitrogens with one attached hydrogen (secondary N) is 1. The summed E-state index contributed by atoms with van der Waals surface area (Å²) >= 11 is 0. The molecule has 1 aliphatic rings. The summed E-state index contributed by atoms with van der Waals surface area (Å²) in [5.74, 6) is 0.985. The normalized spacial score (nSPS) is 15.4. The van der Waals surface area contributed by atoms with E-state index in [0.717, 1.165) is 17.8 Å². The zero-order chi connectivity index (χ0) is 22.3. The minimum absolute atomic E-state index is 0.270. The van der Waals surface area contributed by atoms with Gasteiger partial charge in [0.15, 0.2) is 5.82 Å². The van der Waals surface area contributed by atoms with Crippen LogP contribution in [0.15, 0.2) is 42.5 Å². The molecule has 9 heteroatoms. The number of alkyl halides is 3. The molecule has 2 N–H and O–H groups in total. The lowest BCUT2D eigenvalue weighted by atomic mass is 10.0. The van der Waals surface area contributed by atoms with E-state index in [4.69, 9.17) is 0 Å². The van der Waals surface area contributed by atoms with Crippen molar-refractivity contribution in [1.29, 1.82) is 0 Å². The molecular formula is C22H20F3N5O. The Balaban J connectivity index is 1.97. The third-order valence-electron chi connectivity index (χ3n) is 4.78. The molecule has 1 atom stereocenters. The first-order valence-electron chi connectivity index (χ1n) is 9.50. The van der Waals surface area contributed by atoms with E-state index < -0.39 is 18.0 Å². The number of rotatable bonds is 3. The van der Waals surface area contributed by atoms with Crippen LogP contribution in [0.3, 0.4) is 0 Å². The Hall–Kier alpha value is -3.46. The number of aliphatic hydroxyl groups excluding tert-OH is 1. The van der Waals surface area contributed by atoms with Gasteiger partial charge in [0, 0.05) is 30.9 Å². The van der Waals surface area contributed by atoms with Crippen molar-refractivity contribution >= 4 is 17.7 Å². The van der Waals surface area contributed by atoms with Crippen molar-refractivity contribution < 1.29 is 18.3 Å². The molecule has 0 radical (unpaired) electrons. The van der Waals surface area contributed by atoms with Gasteiger partial charge in [-0.3, -0.25) is 0 Å². The van der Waals surface area contributed by atoms with Crippen LogP contribution in [-0.4, -0.2) is 40.4 Å². The van der Waals surface area contributed by atoms with Crippen LogP contribution in [0.1, 0.15) is 17.0 Å². The van der Waals surface area contributed by atoms with E-state index in [1.165, 1.54) is 12.1 Å². The highest BCUT2D eigenvalue weighted by Crippen LogP contribution is 2.37.